The topological polar surface area (TPSA) is 69.7 Å². The summed E-state index contributed by atoms with van der Waals surface area (Å²) in [6, 6.07) is 13.3. The van der Waals surface area contributed by atoms with Crippen molar-refractivity contribution in [3.8, 4) is 11.5 Å². The lowest BCUT2D eigenvalue weighted by Gasteiger charge is -2.18. The average Bonchev–Trinajstić information content (AvgIpc) is 2.88. The van der Waals surface area contributed by atoms with E-state index in [0.29, 0.717) is 17.9 Å². The van der Waals surface area contributed by atoms with E-state index in [0.717, 1.165) is 19.3 Å². The Morgan fingerprint density at radius 3 is 2.17 bits per heavy atom. The van der Waals surface area contributed by atoms with E-state index in [1.54, 1.807) is 42.5 Å². The predicted octanol–water partition coefficient (Wildman–Crippen LogP) is 7.33. The van der Waals surface area contributed by atoms with E-state index in [4.69, 9.17) is 44.3 Å². The minimum atomic E-state index is -0.849. The first-order chi connectivity index (χ1) is 16.8. The minimum Gasteiger partial charge on any atom is -0.493 e. The van der Waals surface area contributed by atoms with Crippen molar-refractivity contribution in [3.63, 3.8) is 0 Å². The van der Waals surface area contributed by atoms with Crippen LogP contribution in [0.15, 0.2) is 69.4 Å². The fourth-order valence-electron chi connectivity index (χ4n) is 3.48. The van der Waals surface area contributed by atoms with Gasteiger partial charge in [0.1, 0.15) is 26.6 Å². The second-order valence-corrected chi connectivity index (χ2v) is 9.13. The Hall–Kier alpha value is -2.60. The van der Waals surface area contributed by atoms with Gasteiger partial charge in [0.2, 0.25) is 11.6 Å². The van der Waals surface area contributed by atoms with Gasteiger partial charge >= 0.3 is 0 Å². The van der Waals surface area contributed by atoms with Gasteiger partial charge in [0.05, 0.1) is 12.2 Å². The molecule has 0 fully saturated rings. The van der Waals surface area contributed by atoms with Crippen molar-refractivity contribution in [3.05, 3.63) is 80.5 Å². The van der Waals surface area contributed by atoms with E-state index in [1.165, 1.54) is 25.3 Å². The maximum absolute atomic E-state index is 13.2. The van der Waals surface area contributed by atoms with Crippen molar-refractivity contribution in [2.24, 2.45) is 0 Å². The van der Waals surface area contributed by atoms with Crippen LogP contribution in [0.2, 0.25) is 0 Å². The molecule has 184 valence electrons. The number of carbonyl (C=O) groups excluding carboxylic acids is 3. The van der Waals surface area contributed by atoms with Crippen LogP contribution in [0, 0.1) is 0 Å². The Bertz CT molecular complexity index is 1170. The highest BCUT2D eigenvalue weighted by Crippen LogP contribution is 2.35. The van der Waals surface area contributed by atoms with Crippen LogP contribution in [-0.4, -0.2) is 24.0 Å². The number of ketones is 3. The molecule has 2 aromatic rings. The number of Topliss-reactive ketones (excluding diaryl/α,β-unsaturated/α-hetero) is 2. The molecule has 0 unspecified atom stereocenters. The normalized spacial score (nSPS) is 13.9. The number of allylic oxidation sites excluding steroid dienone is 3. The summed E-state index contributed by atoms with van der Waals surface area (Å²) in [5, 5.41) is -1.49. The largest absolute Gasteiger partial charge is 0.493 e. The van der Waals surface area contributed by atoms with Gasteiger partial charge in [-0.05, 0) is 18.6 Å². The quantitative estimate of drug-likeness (QED) is 0.162. The lowest BCUT2D eigenvalue weighted by molar-refractivity contribution is -0.116. The number of unbranched alkanes of at least 4 members (excludes halogenated alkanes) is 5. The molecule has 0 amide bonds. The van der Waals surface area contributed by atoms with Crippen LogP contribution < -0.4 is 9.47 Å². The highest BCUT2D eigenvalue weighted by molar-refractivity contribution is 6.64. The molecule has 0 aromatic heterocycles. The van der Waals surface area contributed by atoms with Gasteiger partial charge in [0.25, 0.3) is 0 Å². The molecule has 0 atom stereocenters. The third-order valence-electron chi connectivity index (χ3n) is 5.41. The van der Waals surface area contributed by atoms with Gasteiger partial charge in [-0.1, -0.05) is 104 Å². The number of hydrogen-bond acceptors (Lipinski definition) is 5. The summed E-state index contributed by atoms with van der Waals surface area (Å²) in [6.07, 6.45) is 6.70. The van der Waals surface area contributed by atoms with Crippen LogP contribution in [-0.2, 0) is 9.59 Å². The maximum atomic E-state index is 13.2. The molecule has 0 spiro atoms. The lowest BCUT2D eigenvalue weighted by atomic mass is 10.0. The van der Waals surface area contributed by atoms with Crippen LogP contribution in [0.1, 0.15) is 61.4 Å². The molecule has 35 heavy (non-hydrogen) atoms. The molecule has 0 N–H and O–H groups in total. The zero-order valence-corrected chi connectivity index (χ0v) is 21.5. The zero-order valence-electron chi connectivity index (χ0n) is 19.2. The van der Waals surface area contributed by atoms with Gasteiger partial charge in [0, 0.05) is 11.6 Å². The third kappa shape index (κ3) is 6.75. The van der Waals surface area contributed by atoms with E-state index in [9.17, 15) is 14.4 Å². The van der Waals surface area contributed by atoms with Crippen molar-refractivity contribution in [1.29, 1.82) is 0 Å². The lowest BCUT2D eigenvalue weighted by Crippen LogP contribution is -2.22. The molecule has 0 aliphatic heterocycles. The summed E-state index contributed by atoms with van der Waals surface area (Å²) in [4.78, 5) is 38.1. The van der Waals surface area contributed by atoms with E-state index >= 15 is 0 Å². The van der Waals surface area contributed by atoms with E-state index in [2.05, 4.69) is 6.92 Å². The van der Waals surface area contributed by atoms with E-state index in [1.807, 2.05) is 0 Å². The SMILES string of the molecule is CCCCCCCCOc1ccc(C(=O)c2ccccc2)c(OC2=C(Cl)C(=O)C(Cl)=C(Cl)C2=O)c1. The molecule has 1 aliphatic rings. The van der Waals surface area contributed by atoms with Gasteiger partial charge in [-0.2, -0.15) is 0 Å². The number of rotatable bonds is 12. The highest BCUT2D eigenvalue weighted by atomic mass is 35.5. The van der Waals surface area contributed by atoms with Gasteiger partial charge in [-0.25, -0.2) is 0 Å². The molecule has 3 rings (SSSR count). The molecule has 2 aromatic carbocycles. The summed E-state index contributed by atoms with van der Waals surface area (Å²) >= 11 is 17.8. The smallest absolute Gasteiger partial charge is 0.242 e. The molecule has 0 radical (unpaired) electrons. The number of benzene rings is 2. The Balaban J connectivity index is 1.86. The summed E-state index contributed by atoms with van der Waals surface area (Å²) in [6.45, 7) is 2.66. The molecule has 0 saturated heterocycles. The van der Waals surface area contributed by atoms with Gasteiger partial charge < -0.3 is 9.47 Å². The van der Waals surface area contributed by atoms with Gasteiger partial charge in [-0.15, -0.1) is 0 Å². The highest BCUT2D eigenvalue weighted by Gasteiger charge is 2.35. The molecule has 5 nitrogen and oxygen atoms in total. The number of ether oxygens (including phenoxy) is 2. The molecular formula is C27H25Cl3O5. The molecular weight excluding hydrogens is 511 g/mol. The summed E-state index contributed by atoms with van der Waals surface area (Å²) in [7, 11) is 0. The van der Waals surface area contributed by atoms with Crippen LogP contribution in [0.5, 0.6) is 11.5 Å². The van der Waals surface area contributed by atoms with E-state index in [-0.39, 0.29) is 17.1 Å². The standard InChI is InChI=1S/C27H25Cl3O5/c1-2-3-4-5-6-10-15-34-18-13-14-19(24(31)17-11-8-7-9-12-17)20(16-18)35-27-23(30)25(32)21(28)22(29)26(27)33/h7-9,11-14,16H,2-6,10,15H2,1H3. The average molecular weight is 536 g/mol. The summed E-state index contributed by atoms with van der Waals surface area (Å²) in [5.41, 5.74) is 0.585. The first kappa shape index (κ1) is 27.0. The second-order valence-electron chi connectivity index (χ2n) is 8.00. The number of carbonyl (C=O) groups is 3. The third-order valence-corrected chi connectivity index (χ3v) is 6.57. The molecule has 1 aliphatic carbocycles. The molecule has 8 heteroatoms. The van der Waals surface area contributed by atoms with Gasteiger partial charge in [-0.3, -0.25) is 14.4 Å². The predicted molar refractivity (Wildman–Crippen MR) is 137 cm³/mol. The van der Waals surface area contributed by atoms with Crippen molar-refractivity contribution < 1.29 is 23.9 Å². The molecule has 0 saturated carbocycles. The summed E-state index contributed by atoms with van der Waals surface area (Å²) in [5.74, 6) is -2.06. The number of halogens is 3. The monoisotopic (exact) mass is 534 g/mol. The Kier molecular flexibility index (Phi) is 9.96. The minimum absolute atomic E-state index is 0.0103. The molecule has 0 bridgehead atoms. The maximum Gasteiger partial charge on any atom is 0.242 e. The van der Waals surface area contributed by atoms with E-state index < -0.39 is 32.4 Å². The van der Waals surface area contributed by atoms with Crippen LogP contribution in [0.4, 0.5) is 0 Å². The van der Waals surface area contributed by atoms with Crippen molar-refractivity contribution in [2.75, 3.05) is 6.61 Å². The zero-order chi connectivity index (χ0) is 25.4. The van der Waals surface area contributed by atoms with Crippen molar-refractivity contribution >= 4 is 52.2 Å². The molecule has 0 heterocycles. The fourth-order valence-corrected chi connectivity index (χ4v) is 4.10. The summed E-state index contributed by atoms with van der Waals surface area (Å²) < 4.78 is 11.6. The van der Waals surface area contributed by atoms with Gasteiger partial charge in [0.15, 0.2) is 11.5 Å². The van der Waals surface area contributed by atoms with Crippen molar-refractivity contribution in [1.82, 2.24) is 0 Å². The van der Waals surface area contributed by atoms with Crippen molar-refractivity contribution in [2.45, 2.75) is 45.4 Å². The fraction of sp³-hybridized carbons (Fsp3) is 0.296. The van der Waals surface area contributed by atoms with Crippen LogP contribution in [0.3, 0.4) is 0 Å². The second kappa shape index (κ2) is 12.9. The Morgan fingerprint density at radius 1 is 0.800 bits per heavy atom. The first-order valence-corrected chi connectivity index (χ1v) is 12.6. The Morgan fingerprint density at radius 2 is 1.46 bits per heavy atom. The first-order valence-electron chi connectivity index (χ1n) is 11.4. The van der Waals surface area contributed by atoms with Crippen LogP contribution >= 0.6 is 34.8 Å². The number of hydrogen-bond donors (Lipinski definition) is 0. The van der Waals surface area contributed by atoms with Crippen LogP contribution in [0.25, 0.3) is 0 Å². The Labute approximate surface area is 219 Å².